The molecule has 0 aromatic heterocycles. The van der Waals surface area contributed by atoms with Gasteiger partial charge < -0.3 is 18.9 Å². The van der Waals surface area contributed by atoms with E-state index in [0.29, 0.717) is 44.2 Å². The Kier molecular flexibility index (Phi) is 8.57. The van der Waals surface area contributed by atoms with Crippen molar-refractivity contribution >= 4 is 41.7 Å². The summed E-state index contributed by atoms with van der Waals surface area (Å²) < 4.78 is 20.7. The Labute approximate surface area is 183 Å². The van der Waals surface area contributed by atoms with Gasteiger partial charge >= 0.3 is 6.03 Å². The minimum absolute atomic E-state index is 0.348. The average molecular weight is 455 g/mol. The van der Waals surface area contributed by atoms with Crippen LogP contribution >= 0.6 is 23.2 Å². The predicted octanol–water partition coefficient (Wildman–Crippen LogP) is 3.70. The number of urea groups is 1. The van der Waals surface area contributed by atoms with Gasteiger partial charge in [-0.25, -0.2) is 15.6 Å². The number of methoxy groups -OCH3 is 4. The standard InChI is InChI=1S/C19H20Cl2N4O5/c1-27-15-7-11(5-13(20)17(15)29-3)9-22-24-19(26)25-23-10-12-6-14(21)18(30-4)16(8-12)28-2/h5-10H,1-4H3,(H2,24,25,26). The number of rotatable bonds is 8. The van der Waals surface area contributed by atoms with Gasteiger partial charge in [0.25, 0.3) is 0 Å². The lowest BCUT2D eigenvalue weighted by Crippen LogP contribution is -2.28. The largest absolute Gasteiger partial charge is 0.493 e. The third-order valence-corrected chi connectivity index (χ3v) is 4.23. The molecule has 160 valence electrons. The second kappa shape index (κ2) is 11.1. The number of hydrogen-bond acceptors (Lipinski definition) is 7. The molecule has 0 unspecified atom stereocenters. The maximum Gasteiger partial charge on any atom is 0.355 e. The van der Waals surface area contributed by atoms with Gasteiger partial charge in [0.15, 0.2) is 23.0 Å². The second-order valence-corrected chi connectivity index (χ2v) is 6.36. The minimum Gasteiger partial charge on any atom is -0.493 e. The number of hydrazone groups is 2. The third kappa shape index (κ3) is 5.91. The summed E-state index contributed by atoms with van der Waals surface area (Å²) in [6.07, 6.45) is 2.79. The first-order chi connectivity index (χ1) is 14.4. The minimum atomic E-state index is -0.652. The summed E-state index contributed by atoms with van der Waals surface area (Å²) in [5.74, 6) is 1.70. The second-order valence-electron chi connectivity index (χ2n) is 5.55. The van der Waals surface area contributed by atoms with Crippen LogP contribution in [0.3, 0.4) is 0 Å². The number of nitrogens with zero attached hydrogens (tertiary/aromatic N) is 2. The summed E-state index contributed by atoms with van der Waals surface area (Å²) in [7, 11) is 5.95. The van der Waals surface area contributed by atoms with E-state index in [4.69, 9.17) is 42.1 Å². The van der Waals surface area contributed by atoms with Crippen molar-refractivity contribution in [3.05, 3.63) is 45.4 Å². The van der Waals surface area contributed by atoms with Crippen LogP contribution in [0.5, 0.6) is 23.0 Å². The molecule has 11 heteroatoms. The molecule has 0 radical (unpaired) electrons. The molecular formula is C19H20Cl2N4O5. The summed E-state index contributed by atoms with van der Waals surface area (Å²) in [5, 5.41) is 8.36. The Morgan fingerprint density at radius 2 is 1.17 bits per heavy atom. The zero-order chi connectivity index (χ0) is 22.1. The number of amides is 2. The quantitative estimate of drug-likeness (QED) is 0.467. The molecule has 2 aromatic rings. The van der Waals surface area contributed by atoms with Gasteiger partial charge in [-0.05, 0) is 35.4 Å². The van der Waals surface area contributed by atoms with Crippen molar-refractivity contribution in [2.45, 2.75) is 0 Å². The third-order valence-electron chi connectivity index (χ3n) is 3.67. The van der Waals surface area contributed by atoms with Gasteiger partial charge in [0.1, 0.15) is 0 Å². The van der Waals surface area contributed by atoms with E-state index in [1.807, 2.05) is 0 Å². The van der Waals surface area contributed by atoms with Gasteiger partial charge in [-0.3, -0.25) is 0 Å². The lowest BCUT2D eigenvalue weighted by atomic mass is 10.2. The maximum absolute atomic E-state index is 11.8. The molecule has 0 aliphatic heterocycles. The lowest BCUT2D eigenvalue weighted by Gasteiger charge is -2.10. The van der Waals surface area contributed by atoms with Crippen molar-refractivity contribution in [2.24, 2.45) is 10.2 Å². The monoisotopic (exact) mass is 454 g/mol. The van der Waals surface area contributed by atoms with Crippen molar-refractivity contribution in [2.75, 3.05) is 28.4 Å². The van der Waals surface area contributed by atoms with E-state index in [0.717, 1.165) is 0 Å². The molecule has 0 spiro atoms. The Hall–Kier alpha value is -3.17. The first kappa shape index (κ1) is 23.1. The van der Waals surface area contributed by atoms with Gasteiger partial charge in [-0.2, -0.15) is 10.2 Å². The van der Waals surface area contributed by atoms with Crippen LogP contribution < -0.4 is 29.8 Å². The van der Waals surface area contributed by atoms with E-state index in [2.05, 4.69) is 21.1 Å². The molecule has 9 nitrogen and oxygen atoms in total. The highest BCUT2D eigenvalue weighted by Gasteiger charge is 2.11. The van der Waals surface area contributed by atoms with Crippen molar-refractivity contribution in [3.63, 3.8) is 0 Å². The first-order valence-electron chi connectivity index (χ1n) is 8.38. The van der Waals surface area contributed by atoms with E-state index in [9.17, 15) is 4.79 Å². The predicted molar refractivity (Wildman–Crippen MR) is 116 cm³/mol. The van der Waals surface area contributed by atoms with Gasteiger partial charge in [-0.15, -0.1) is 0 Å². The molecule has 0 saturated heterocycles. The van der Waals surface area contributed by atoms with E-state index in [-0.39, 0.29) is 0 Å². The summed E-state index contributed by atoms with van der Waals surface area (Å²) in [5.41, 5.74) is 5.75. The summed E-state index contributed by atoms with van der Waals surface area (Å²) >= 11 is 12.2. The molecule has 2 amide bonds. The molecule has 0 fully saturated rings. The molecule has 2 rings (SSSR count). The van der Waals surface area contributed by atoms with Crippen molar-refractivity contribution in [1.82, 2.24) is 10.9 Å². The van der Waals surface area contributed by atoms with Gasteiger partial charge in [-0.1, -0.05) is 23.2 Å². The maximum atomic E-state index is 11.8. The summed E-state index contributed by atoms with van der Waals surface area (Å²) in [6, 6.07) is 5.90. The number of halogens is 2. The molecule has 30 heavy (non-hydrogen) atoms. The van der Waals surface area contributed by atoms with Crippen molar-refractivity contribution in [3.8, 4) is 23.0 Å². The van der Waals surface area contributed by atoms with Gasteiger partial charge in [0.05, 0.1) is 50.9 Å². The zero-order valence-electron chi connectivity index (χ0n) is 16.7. The normalized spacial score (nSPS) is 10.9. The Morgan fingerprint density at radius 1 is 0.767 bits per heavy atom. The summed E-state index contributed by atoms with van der Waals surface area (Å²) in [6.45, 7) is 0. The smallest absolute Gasteiger partial charge is 0.355 e. The molecule has 0 bridgehead atoms. The van der Waals surface area contributed by atoms with E-state index >= 15 is 0 Å². The van der Waals surface area contributed by atoms with Crippen LogP contribution in [-0.2, 0) is 0 Å². The Morgan fingerprint density at radius 3 is 1.50 bits per heavy atom. The van der Waals surface area contributed by atoms with Crippen molar-refractivity contribution < 1.29 is 23.7 Å². The zero-order valence-corrected chi connectivity index (χ0v) is 18.2. The fourth-order valence-electron chi connectivity index (χ4n) is 2.38. The summed E-state index contributed by atoms with van der Waals surface area (Å²) in [4.78, 5) is 11.8. The van der Waals surface area contributed by atoms with Crippen LogP contribution in [-0.4, -0.2) is 46.9 Å². The van der Waals surface area contributed by atoms with Crippen LogP contribution in [0.1, 0.15) is 11.1 Å². The highest BCUT2D eigenvalue weighted by Crippen LogP contribution is 2.36. The molecule has 0 heterocycles. The highest BCUT2D eigenvalue weighted by molar-refractivity contribution is 6.33. The first-order valence-corrected chi connectivity index (χ1v) is 9.14. The molecule has 2 N–H and O–H groups in total. The molecule has 2 aromatic carbocycles. The lowest BCUT2D eigenvalue weighted by molar-refractivity contribution is 0.242. The number of carbonyl (C=O) groups excluding carboxylic acids is 1. The van der Waals surface area contributed by atoms with Gasteiger partial charge in [0, 0.05) is 0 Å². The molecular weight excluding hydrogens is 435 g/mol. The number of ether oxygens (including phenoxy) is 4. The Bertz CT molecular complexity index is 891. The van der Waals surface area contributed by atoms with E-state index in [1.165, 1.54) is 40.9 Å². The molecule has 0 atom stereocenters. The fraction of sp³-hybridized carbons (Fsp3) is 0.211. The number of nitrogens with one attached hydrogen (secondary N) is 2. The van der Waals surface area contributed by atoms with Crippen molar-refractivity contribution in [1.29, 1.82) is 0 Å². The highest BCUT2D eigenvalue weighted by atomic mass is 35.5. The topological polar surface area (TPSA) is 103 Å². The van der Waals surface area contributed by atoms with Crippen LogP contribution in [0.4, 0.5) is 4.79 Å². The fourth-order valence-corrected chi connectivity index (χ4v) is 2.97. The number of hydrogen-bond donors (Lipinski definition) is 2. The van der Waals surface area contributed by atoms with E-state index < -0.39 is 6.03 Å². The number of carbonyl (C=O) groups is 1. The molecule has 0 aliphatic rings. The van der Waals surface area contributed by atoms with Crippen LogP contribution in [0.2, 0.25) is 10.0 Å². The Balaban J connectivity index is 1.97. The van der Waals surface area contributed by atoms with Gasteiger partial charge in [0.2, 0.25) is 0 Å². The van der Waals surface area contributed by atoms with Crippen LogP contribution in [0.25, 0.3) is 0 Å². The van der Waals surface area contributed by atoms with Crippen LogP contribution in [0, 0.1) is 0 Å². The van der Waals surface area contributed by atoms with E-state index in [1.54, 1.807) is 24.3 Å². The molecule has 0 saturated carbocycles. The van der Waals surface area contributed by atoms with Crippen LogP contribution in [0.15, 0.2) is 34.5 Å². The number of benzene rings is 2. The SMILES string of the molecule is COc1cc(C=NNC(=O)NN=Cc2cc(Cl)c(OC)c(OC)c2)cc(Cl)c1OC. The average Bonchev–Trinajstić information content (AvgIpc) is 2.72. The molecule has 0 aliphatic carbocycles.